The second-order valence-corrected chi connectivity index (χ2v) is 3.72. The highest BCUT2D eigenvalue weighted by molar-refractivity contribution is 5.79. The lowest BCUT2D eigenvalue weighted by Crippen LogP contribution is -2.27. The van der Waals surface area contributed by atoms with Crippen LogP contribution < -0.4 is 0 Å². The summed E-state index contributed by atoms with van der Waals surface area (Å²) in [7, 11) is 0. The highest BCUT2D eigenvalue weighted by atomic mass is 16.5. The maximum Gasteiger partial charge on any atom is 0.135 e. The van der Waals surface area contributed by atoms with Crippen LogP contribution in [0.15, 0.2) is 0 Å². The molecule has 3 heteroatoms. The fraction of sp³-hybridized carbons (Fsp3) is 0.900. The summed E-state index contributed by atoms with van der Waals surface area (Å²) in [5.74, 6) is 0.312. The minimum absolute atomic E-state index is 0.0703. The first-order chi connectivity index (χ1) is 6.22. The Kier molecular flexibility index (Phi) is 4.39. The van der Waals surface area contributed by atoms with Crippen molar-refractivity contribution in [1.29, 1.82) is 0 Å². The Hall–Kier alpha value is -0.410. The maximum absolute atomic E-state index is 11.1. The van der Waals surface area contributed by atoms with Gasteiger partial charge in [0.25, 0.3) is 0 Å². The lowest BCUT2D eigenvalue weighted by atomic mass is 9.96. The summed E-state index contributed by atoms with van der Waals surface area (Å²) in [5, 5.41) is 8.67. The predicted molar refractivity (Wildman–Crippen MR) is 49.5 cm³/mol. The maximum atomic E-state index is 11.1. The molecule has 1 N–H and O–H groups in total. The van der Waals surface area contributed by atoms with E-state index in [0.717, 1.165) is 12.8 Å². The topological polar surface area (TPSA) is 46.5 Å². The monoisotopic (exact) mass is 186 g/mol. The van der Waals surface area contributed by atoms with E-state index in [-0.39, 0.29) is 18.8 Å². The molecule has 0 amide bonds. The lowest BCUT2D eigenvalue weighted by Gasteiger charge is -2.24. The Labute approximate surface area is 79.1 Å². The van der Waals surface area contributed by atoms with E-state index >= 15 is 0 Å². The molecule has 0 spiro atoms. The largest absolute Gasteiger partial charge is 0.396 e. The molecule has 0 aromatic rings. The van der Waals surface area contributed by atoms with Gasteiger partial charge in [0.2, 0.25) is 0 Å². The molecule has 0 heterocycles. The SMILES string of the molecule is C[C@@H](CCO)OC1CCCC(=O)C1. The van der Waals surface area contributed by atoms with Crippen LogP contribution in [0.5, 0.6) is 0 Å². The average Bonchev–Trinajstić information content (AvgIpc) is 2.04. The molecule has 13 heavy (non-hydrogen) atoms. The predicted octanol–water partition coefficient (Wildman–Crippen LogP) is 1.29. The normalized spacial score (nSPS) is 26.0. The van der Waals surface area contributed by atoms with Crippen LogP contribution in [-0.4, -0.2) is 29.7 Å². The molecule has 1 fully saturated rings. The van der Waals surface area contributed by atoms with E-state index in [9.17, 15) is 4.79 Å². The Bertz CT molecular complexity index is 168. The van der Waals surface area contributed by atoms with Gasteiger partial charge in [-0.3, -0.25) is 4.79 Å². The van der Waals surface area contributed by atoms with Crippen LogP contribution >= 0.6 is 0 Å². The second kappa shape index (κ2) is 5.35. The standard InChI is InChI=1S/C10H18O3/c1-8(5-6-11)13-10-4-2-3-9(12)7-10/h8,10-11H,2-7H2,1H3/t8-,10?/m0/s1. The zero-order chi connectivity index (χ0) is 9.68. The van der Waals surface area contributed by atoms with E-state index in [1.54, 1.807) is 0 Å². The van der Waals surface area contributed by atoms with Crippen molar-refractivity contribution in [3.63, 3.8) is 0 Å². The molecule has 0 aromatic carbocycles. The third-order valence-corrected chi connectivity index (χ3v) is 2.40. The van der Waals surface area contributed by atoms with Gasteiger partial charge in [-0.1, -0.05) is 0 Å². The molecule has 1 rings (SSSR count). The van der Waals surface area contributed by atoms with Gasteiger partial charge in [0, 0.05) is 19.4 Å². The van der Waals surface area contributed by atoms with Crippen LogP contribution in [-0.2, 0) is 9.53 Å². The van der Waals surface area contributed by atoms with Gasteiger partial charge >= 0.3 is 0 Å². The van der Waals surface area contributed by atoms with Crippen LogP contribution in [0.25, 0.3) is 0 Å². The molecule has 1 unspecified atom stereocenters. The van der Waals surface area contributed by atoms with Crippen molar-refractivity contribution in [2.75, 3.05) is 6.61 Å². The first-order valence-corrected chi connectivity index (χ1v) is 5.00. The van der Waals surface area contributed by atoms with Gasteiger partial charge in [0.15, 0.2) is 0 Å². The molecule has 3 nitrogen and oxygen atoms in total. The van der Waals surface area contributed by atoms with Gasteiger partial charge in [0.1, 0.15) is 5.78 Å². The molecule has 1 aliphatic carbocycles. The number of aliphatic hydroxyl groups excluding tert-OH is 1. The van der Waals surface area contributed by atoms with Crippen molar-refractivity contribution >= 4 is 5.78 Å². The van der Waals surface area contributed by atoms with Crippen LogP contribution in [0, 0.1) is 0 Å². The summed E-state index contributed by atoms with van der Waals surface area (Å²) in [5.41, 5.74) is 0. The van der Waals surface area contributed by atoms with Crippen LogP contribution in [0.1, 0.15) is 39.0 Å². The first kappa shape index (κ1) is 10.7. The summed E-state index contributed by atoms with van der Waals surface area (Å²) in [6.45, 7) is 2.09. The number of hydrogen-bond acceptors (Lipinski definition) is 3. The molecule has 1 saturated carbocycles. The summed E-state index contributed by atoms with van der Waals surface area (Å²) in [6.07, 6.45) is 4.05. The molecule has 2 atom stereocenters. The highest BCUT2D eigenvalue weighted by Crippen LogP contribution is 2.19. The molecular formula is C10H18O3. The highest BCUT2D eigenvalue weighted by Gasteiger charge is 2.21. The van der Waals surface area contributed by atoms with Crippen LogP contribution in [0.2, 0.25) is 0 Å². The van der Waals surface area contributed by atoms with E-state index < -0.39 is 0 Å². The smallest absolute Gasteiger partial charge is 0.135 e. The third kappa shape index (κ3) is 3.87. The van der Waals surface area contributed by atoms with Gasteiger partial charge in [-0.15, -0.1) is 0 Å². The summed E-state index contributed by atoms with van der Waals surface area (Å²) in [6, 6.07) is 0. The number of aliphatic hydroxyl groups is 1. The van der Waals surface area contributed by atoms with E-state index in [0.29, 0.717) is 25.0 Å². The fourth-order valence-electron chi connectivity index (χ4n) is 1.68. The van der Waals surface area contributed by atoms with Crippen molar-refractivity contribution in [2.45, 2.75) is 51.2 Å². The van der Waals surface area contributed by atoms with Crippen LogP contribution in [0.3, 0.4) is 0 Å². The van der Waals surface area contributed by atoms with Crippen LogP contribution in [0.4, 0.5) is 0 Å². The molecule has 76 valence electrons. The summed E-state index contributed by atoms with van der Waals surface area (Å²) in [4.78, 5) is 11.1. The van der Waals surface area contributed by atoms with Gasteiger partial charge in [-0.05, 0) is 26.2 Å². The summed E-state index contributed by atoms with van der Waals surface area (Å²) >= 11 is 0. The third-order valence-electron chi connectivity index (χ3n) is 2.40. The number of hydrogen-bond donors (Lipinski definition) is 1. The molecule has 0 aromatic heterocycles. The number of rotatable bonds is 4. The van der Waals surface area contributed by atoms with Crippen molar-refractivity contribution in [1.82, 2.24) is 0 Å². The van der Waals surface area contributed by atoms with E-state index in [1.165, 1.54) is 0 Å². The number of carbonyl (C=O) groups excluding carboxylic acids is 1. The van der Waals surface area contributed by atoms with E-state index in [1.807, 2.05) is 6.92 Å². The lowest BCUT2D eigenvalue weighted by molar-refractivity contribution is -0.126. The Morgan fingerprint density at radius 3 is 3.08 bits per heavy atom. The van der Waals surface area contributed by atoms with Crippen molar-refractivity contribution in [2.24, 2.45) is 0 Å². The summed E-state index contributed by atoms with van der Waals surface area (Å²) < 4.78 is 5.62. The number of ketones is 1. The minimum atomic E-state index is 0.0703. The zero-order valence-corrected chi connectivity index (χ0v) is 8.16. The Balaban J connectivity index is 2.23. The molecule has 0 radical (unpaired) electrons. The zero-order valence-electron chi connectivity index (χ0n) is 8.16. The van der Waals surface area contributed by atoms with E-state index in [4.69, 9.17) is 9.84 Å². The van der Waals surface area contributed by atoms with Gasteiger partial charge in [-0.25, -0.2) is 0 Å². The Morgan fingerprint density at radius 2 is 2.46 bits per heavy atom. The number of ether oxygens (including phenoxy) is 1. The van der Waals surface area contributed by atoms with Crippen molar-refractivity contribution in [3.8, 4) is 0 Å². The van der Waals surface area contributed by atoms with E-state index in [2.05, 4.69) is 0 Å². The first-order valence-electron chi connectivity index (χ1n) is 5.00. The van der Waals surface area contributed by atoms with Gasteiger partial charge in [0.05, 0.1) is 12.2 Å². The quantitative estimate of drug-likeness (QED) is 0.719. The Morgan fingerprint density at radius 1 is 1.69 bits per heavy atom. The number of carbonyl (C=O) groups is 1. The molecule has 0 aliphatic heterocycles. The average molecular weight is 186 g/mol. The van der Waals surface area contributed by atoms with Gasteiger partial charge in [-0.2, -0.15) is 0 Å². The fourth-order valence-corrected chi connectivity index (χ4v) is 1.68. The second-order valence-electron chi connectivity index (χ2n) is 3.72. The molecule has 0 bridgehead atoms. The van der Waals surface area contributed by atoms with Crippen molar-refractivity contribution in [3.05, 3.63) is 0 Å². The molecular weight excluding hydrogens is 168 g/mol. The molecule has 0 saturated heterocycles. The van der Waals surface area contributed by atoms with Crippen molar-refractivity contribution < 1.29 is 14.6 Å². The molecule has 1 aliphatic rings. The number of Topliss-reactive ketones (excluding diaryl/α,β-unsaturated/α-hetero) is 1. The minimum Gasteiger partial charge on any atom is -0.396 e. The van der Waals surface area contributed by atoms with Gasteiger partial charge < -0.3 is 9.84 Å².